The van der Waals surface area contributed by atoms with E-state index >= 15 is 0 Å². The van der Waals surface area contributed by atoms with E-state index < -0.39 is 10.0 Å². The molecule has 0 bridgehead atoms. The van der Waals surface area contributed by atoms with Crippen LogP contribution >= 0.6 is 0 Å². The minimum absolute atomic E-state index is 0.0820. The summed E-state index contributed by atoms with van der Waals surface area (Å²) >= 11 is 0. The van der Waals surface area contributed by atoms with Crippen molar-refractivity contribution >= 4 is 27.3 Å². The molecule has 1 saturated carbocycles. The molecular weight excluding hydrogens is 360 g/mol. The largest absolute Gasteiger partial charge is 0.309 e. The Morgan fingerprint density at radius 3 is 2.59 bits per heavy atom. The molecule has 1 amide bonds. The van der Waals surface area contributed by atoms with Crippen LogP contribution in [0.5, 0.6) is 0 Å². The molecule has 5 nitrogen and oxygen atoms in total. The molecular formula is C21H22N2O3S. The summed E-state index contributed by atoms with van der Waals surface area (Å²) in [4.78, 5) is 14.8. The number of anilines is 2. The van der Waals surface area contributed by atoms with E-state index in [9.17, 15) is 13.2 Å². The van der Waals surface area contributed by atoms with Gasteiger partial charge in [-0.3, -0.25) is 9.10 Å². The van der Waals surface area contributed by atoms with Gasteiger partial charge >= 0.3 is 0 Å². The minimum atomic E-state index is -3.60. The van der Waals surface area contributed by atoms with Crippen LogP contribution in [0.1, 0.15) is 30.9 Å². The van der Waals surface area contributed by atoms with Crippen molar-refractivity contribution in [2.24, 2.45) is 5.92 Å². The standard InChI is InChI=1S/C21H22N2O3S/c1-14-12-17-13-18(8-9-20(17)23(14)21(24)16-6-7-16)27(25,26)22-11-10-15-4-2-3-5-19(15)22/h2-5,8-9,13-14,16H,6-7,10-12H2,1H3/t14-/m1/s1. The number of benzene rings is 2. The lowest BCUT2D eigenvalue weighted by Crippen LogP contribution is -2.36. The summed E-state index contributed by atoms with van der Waals surface area (Å²) in [5, 5.41) is 0. The van der Waals surface area contributed by atoms with E-state index in [0.29, 0.717) is 17.9 Å². The first kappa shape index (κ1) is 16.8. The van der Waals surface area contributed by atoms with Gasteiger partial charge in [-0.15, -0.1) is 0 Å². The van der Waals surface area contributed by atoms with Crippen LogP contribution in [-0.2, 0) is 27.7 Å². The lowest BCUT2D eigenvalue weighted by molar-refractivity contribution is -0.120. The van der Waals surface area contributed by atoms with Gasteiger partial charge in [0.1, 0.15) is 0 Å². The van der Waals surface area contributed by atoms with Crippen LogP contribution in [0.4, 0.5) is 11.4 Å². The molecule has 2 aromatic rings. The first-order chi connectivity index (χ1) is 13.0. The van der Waals surface area contributed by atoms with Crippen molar-refractivity contribution in [3.8, 4) is 0 Å². The maximum absolute atomic E-state index is 13.3. The van der Waals surface area contributed by atoms with Crippen molar-refractivity contribution in [2.75, 3.05) is 15.7 Å². The Morgan fingerprint density at radius 2 is 1.81 bits per heavy atom. The van der Waals surface area contributed by atoms with Crippen molar-refractivity contribution in [1.29, 1.82) is 0 Å². The number of hydrogen-bond acceptors (Lipinski definition) is 3. The summed E-state index contributed by atoms with van der Waals surface area (Å²) in [6.45, 7) is 2.51. The topological polar surface area (TPSA) is 57.7 Å². The molecule has 140 valence electrons. The first-order valence-corrected chi connectivity index (χ1v) is 11.0. The number of fused-ring (bicyclic) bond motifs is 2. The van der Waals surface area contributed by atoms with E-state index in [2.05, 4.69) is 0 Å². The lowest BCUT2D eigenvalue weighted by atomic mass is 10.1. The summed E-state index contributed by atoms with van der Waals surface area (Å²) in [6, 6.07) is 13.0. The molecule has 27 heavy (non-hydrogen) atoms. The van der Waals surface area contributed by atoms with E-state index in [1.54, 1.807) is 12.1 Å². The molecule has 2 aromatic carbocycles. The SMILES string of the molecule is C[C@@H]1Cc2cc(S(=O)(=O)N3CCc4ccccc43)ccc2N1C(=O)C1CC1. The molecule has 0 N–H and O–H groups in total. The molecule has 0 aromatic heterocycles. The number of amides is 1. The van der Waals surface area contributed by atoms with Gasteiger partial charge in [-0.05, 0) is 68.0 Å². The van der Waals surface area contributed by atoms with Crippen molar-refractivity contribution in [3.63, 3.8) is 0 Å². The molecule has 1 fully saturated rings. The Labute approximate surface area is 159 Å². The summed E-state index contributed by atoms with van der Waals surface area (Å²) in [6.07, 6.45) is 3.38. The molecule has 2 aliphatic heterocycles. The molecule has 2 heterocycles. The number of nitrogens with zero attached hydrogens (tertiary/aromatic N) is 2. The maximum Gasteiger partial charge on any atom is 0.264 e. The Balaban J connectivity index is 1.51. The number of sulfonamides is 1. The fourth-order valence-corrected chi connectivity index (χ4v) is 5.87. The Hall–Kier alpha value is -2.34. The Kier molecular flexibility index (Phi) is 3.63. The maximum atomic E-state index is 13.3. The zero-order chi connectivity index (χ0) is 18.8. The van der Waals surface area contributed by atoms with Gasteiger partial charge in [0.05, 0.1) is 10.6 Å². The second kappa shape index (κ2) is 5.83. The summed E-state index contributed by atoms with van der Waals surface area (Å²) in [5.74, 6) is 0.341. The summed E-state index contributed by atoms with van der Waals surface area (Å²) in [5.41, 5.74) is 3.67. The highest BCUT2D eigenvalue weighted by atomic mass is 32.2. The van der Waals surface area contributed by atoms with Crippen LogP contribution in [0.2, 0.25) is 0 Å². The Morgan fingerprint density at radius 1 is 1.04 bits per heavy atom. The third-order valence-corrected chi connectivity index (χ3v) is 7.67. The zero-order valence-corrected chi connectivity index (χ0v) is 16.1. The molecule has 0 saturated heterocycles. The predicted molar refractivity (Wildman–Crippen MR) is 104 cm³/mol. The monoisotopic (exact) mass is 382 g/mol. The minimum Gasteiger partial charge on any atom is -0.309 e. The van der Waals surface area contributed by atoms with E-state index in [0.717, 1.165) is 41.8 Å². The number of rotatable bonds is 3. The quantitative estimate of drug-likeness (QED) is 0.820. The second-order valence-corrected chi connectivity index (χ2v) is 9.64. The molecule has 1 atom stereocenters. The third kappa shape index (κ3) is 2.57. The molecule has 0 radical (unpaired) electrons. The predicted octanol–water partition coefficient (Wildman–Crippen LogP) is 3.13. The van der Waals surface area contributed by atoms with Crippen LogP contribution in [0.3, 0.4) is 0 Å². The van der Waals surface area contributed by atoms with E-state index in [-0.39, 0.29) is 17.9 Å². The number of carbonyl (C=O) groups excluding carboxylic acids is 1. The van der Waals surface area contributed by atoms with E-state index in [1.165, 1.54) is 4.31 Å². The molecule has 5 rings (SSSR count). The average molecular weight is 382 g/mol. The second-order valence-electron chi connectivity index (χ2n) is 7.78. The fourth-order valence-electron chi connectivity index (χ4n) is 4.32. The van der Waals surface area contributed by atoms with Crippen LogP contribution in [-0.4, -0.2) is 26.9 Å². The van der Waals surface area contributed by atoms with Crippen molar-refractivity contribution in [1.82, 2.24) is 0 Å². The number of hydrogen-bond donors (Lipinski definition) is 0. The van der Waals surface area contributed by atoms with E-state index in [4.69, 9.17) is 0 Å². The molecule has 3 aliphatic rings. The first-order valence-electron chi connectivity index (χ1n) is 9.53. The van der Waals surface area contributed by atoms with Gasteiger partial charge in [0.2, 0.25) is 5.91 Å². The Bertz CT molecular complexity index is 1040. The van der Waals surface area contributed by atoms with Crippen LogP contribution in [0.15, 0.2) is 47.4 Å². The molecule has 6 heteroatoms. The van der Waals surface area contributed by atoms with Crippen LogP contribution in [0.25, 0.3) is 0 Å². The van der Waals surface area contributed by atoms with Crippen molar-refractivity contribution < 1.29 is 13.2 Å². The van der Waals surface area contributed by atoms with Crippen molar-refractivity contribution in [2.45, 2.75) is 43.5 Å². The zero-order valence-electron chi connectivity index (χ0n) is 15.3. The molecule has 0 spiro atoms. The van der Waals surface area contributed by atoms with Gasteiger partial charge < -0.3 is 4.90 Å². The smallest absolute Gasteiger partial charge is 0.264 e. The van der Waals surface area contributed by atoms with Gasteiger partial charge in [-0.2, -0.15) is 0 Å². The molecule has 1 aliphatic carbocycles. The summed E-state index contributed by atoms with van der Waals surface area (Å²) in [7, 11) is -3.60. The summed E-state index contributed by atoms with van der Waals surface area (Å²) < 4.78 is 28.0. The number of para-hydroxylation sites is 1. The normalized spacial score (nSPS) is 21.3. The average Bonchev–Trinajstić information content (AvgIpc) is 3.32. The third-order valence-electron chi connectivity index (χ3n) is 5.86. The van der Waals surface area contributed by atoms with Gasteiger partial charge in [-0.1, -0.05) is 18.2 Å². The lowest BCUT2D eigenvalue weighted by Gasteiger charge is -2.23. The van der Waals surface area contributed by atoms with Gasteiger partial charge in [0.25, 0.3) is 10.0 Å². The highest BCUT2D eigenvalue weighted by Gasteiger charge is 2.40. The van der Waals surface area contributed by atoms with Gasteiger partial charge in [0.15, 0.2) is 0 Å². The highest BCUT2D eigenvalue weighted by molar-refractivity contribution is 7.92. The van der Waals surface area contributed by atoms with Crippen LogP contribution in [0, 0.1) is 5.92 Å². The van der Waals surface area contributed by atoms with Gasteiger partial charge in [0, 0.05) is 24.2 Å². The highest BCUT2D eigenvalue weighted by Crippen LogP contribution is 2.40. The van der Waals surface area contributed by atoms with E-state index in [1.807, 2.05) is 42.2 Å². The van der Waals surface area contributed by atoms with Gasteiger partial charge in [-0.25, -0.2) is 8.42 Å². The van der Waals surface area contributed by atoms with Crippen molar-refractivity contribution in [3.05, 3.63) is 53.6 Å². The van der Waals surface area contributed by atoms with Crippen LogP contribution < -0.4 is 9.21 Å². The molecule has 0 unspecified atom stereocenters. The number of carbonyl (C=O) groups is 1. The fraction of sp³-hybridized carbons (Fsp3) is 0.381.